The summed E-state index contributed by atoms with van der Waals surface area (Å²) in [6.45, 7) is 3.17. The lowest BCUT2D eigenvalue weighted by Gasteiger charge is -2.07. The Bertz CT molecular complexity index is 907. The van der Waals surface area contributed by atoms with Crippen LogP contribution < -0.4 is 10.1 Å². The molecule has 0 unspecified atom stereocenters. The van der Waals surface area contributed by atoms with Gasteiger partial charge in [0.2, 0.25) is 0 Å². The lowest BCUT2D eigenvalue weighted by atomic mass is 10.2. The smallest absolute Gasteiger partial charge is 0.287 e. The van der Waals surface area contributed by atoms with Gasteiger partial charge in [-0.25, -0.2) is 0 Å². The van der Waals surface area contributed by atoms with Gasteiger partial charge in [0, 0.05) is 17.8 Å². The van der Waals surface area contributed by atoms with Crippen LogP contribution >= 0.6 is 27.5 Å². The largest absolute Gasteiger partial charge is 0.485 e. The van der Waals surface area contributed by atoms with Gasteiger partial charge in [-0.2, -0.15) is 5.10 Å². The number of hydrogen-bond acceptors (Lipinski definition) is 4. The normalized spacial score (nSPS) is 10.7. The van der Waals surface area contributed by atoms with Crippen LogP contribution in [0.25, 0.3) is 0 Å². The van der Waals surface area contributed by atoms with E-state index in [1.165, 1.54) is 0 Å². The predicted molar refractivity (Wildman–Crippen MR) is 101 cm³/mol. The molecule has 0 spiro atoms. The fourth-order valence-electron chi connectivity index (χ4n) is 2.33. The van der Waals surface area contributed by atoms with E-state index in [2.05, 4.69) is 26.3 Å². The highest BCUT2D eigenvalue weighted by Crippen LogP contribution is 2.23. The van der Waals surface area contributed by atoms with E-state index in [9.17, 15) is 4.79 Å². The van der Waals surface area contributed by atoms with E-state index in [0.717, 1.165) is 15.8 Å². The summed E-state index contributed by atoms with van der Waals surface area (Å²) in [7, 11) is 0. The van der Waals surface area contributed by atoms with Crippen molar-refractivity contribution in [3.05, 3.63) is 69.3 Å². The van der Waals surface area contributed by atoms with E-state index in [1.807, 2.05) is 25.3 Å². The Morgan fingerprint density at radius 3 is 2.96 bits per heavy atom. The van der Waals surface area contributed by atoms with Crippen LogP contribution in [-0.2, 0) is 13.2 Å². The lowest BCUT2D eigenvalue weighted by Crippen LogP contribution is -2.27. The molecule has 0 radical (unpaired) electrons. The number of carbonyl (C=O) groups excluding carboxylic acids is 1. The van der Waals surface area contributed by atoms with Crippen molar-refractivity contribution < 1.29 is 13.9 Å². The van der Waals surface area contributed by atoms with Gasteiger partial charge in [0.1, 0.15) is 18.1 Å². The molecule has 3 rings (SSSR count). The predicted octanol–water partition coefficient (Wildman–Crippen LogP) is 4.21. The molecule has 0 bridgehead atoms. The zero-order valence-electron chi connectivity index (χ0n) is 14.0. The Labute approximate surface area is 164 Å². The monoisotopic (exact) mass is 437 g/mol. The van der Waals surface area contributed by atoms with E-state index in [0.29, 0.717) is 23.9 Å². The van der Waals surface area contributed by atoms with Crippen molar-refractivity contribution in [2.24, 2.45) is 0 Å². The molecule has 2 aromatic heterocycles. The maximum Gasteiger partial charge on any atom is 0.287 e. The summed E-state index contributed by atoms with van der Waals surface area (Å²) in [5.74, 6) is 1.27. The molecule has 1 N–H and O–H groups in total. The Hall–Kier alpha value is -2.25. The second-order valence-electron chi connectivity index (χ2n) is 5.64. The molecule has 8 heteroatoms. The zero-order valence-corrected chi connectivity index (χ0v) is 16.4. The van der Waals surface area contributed by atoms with Gasteiger partial charge >= 0.3 is 0 Å². The fourth-order valence-corrected chi connectivity index (χ4v) is 2.89. The molecule has 6 nitrogen and oxygen atoms in total. The van der Waals surface area contributed by atoms with E-state index in [1.54, 1.807) is 29.1 Å². The first-order valence-electron chi connectivity index (χ1n) is 7.95. The van der Waals surface area contributed by atoms with E-state index in [-0.39, 0.29) is 18.3 Å². The summed E-state index contributed by atoms with van der Waals surface area (Å²) in [6.07, 6.45) is 3.54. The van der Waals surface area contributed by atoms with Gasteiger partial charge in [-0.1, -0.05) is 11.6 Å². The third kappa shape index (κ3) is 4.89. The standard InChI is InChI=1S/C18H17BrClN3O3/c1-12-8-14(20)2-4-16(12)25-11-15-3-5-17(26-15)18(24)21-6-7-23-10-13(19)9-22-23/h2-5,8-10H,6-7,11H2,1H3,(H,21,24). The third-order valence-electron chi connectivity index (χ3n) is 3.62. The number of benzene rings is 1. The molecule has 3 aromatic rings. The minimum absolute atomic E-state index is 0.233. The Morgan fingerprint density at radius 2 is 2.23 bits per heavy atom. The molecular weight excluding hydrogens is 422 g/mol. The minimum Gasteiger partial charge on any atom is -0.485 e. The number of rotatable bonds is 7. The van der Waals surface area contributed by atoms with Crippen LogP contribution in [0, 0.1) is 6.92 Å². The molecule has 0 atom stereocenters. The molecule has 0 saturated carbocycles. The van der Waals surface area contributed by atoms with Gasteiger partial charge in [-0.3, -0.25) is 9.48 Å². The zero-order chi connectivity index (χ0) is 18.5. The number of carbonyl (C=O) groups is 1. The molecule has 136 valence electrons. The van der Waals surface area contributed by atoms with Gasteiger partial charge in [0.15, 0.2) is 5.76 Å². The van der Waals surface area contributed by atoms with Crippen molar-refractivity contribution in [3.8, 4) is 5.75 Å². The average Bonchev–Trinajstić information content (AvgIpc) is 3.23. The van der Waals surface area contributed by atoms with E-state index < -0.39 is 0 Å². The molecule has 1 aromatic carbocycles. The molecule has 0 fully saturated rings. The number of aryl methyl sites for hydroxylation is 1. The average molecular weight is 439 g/mol. The fraction of sp³-hybridized carbons (Fsp3) is 0.222. The summed E-state index contributed by atoms with van der Waals surface area (Å²) in [5.41, 5.74) is 0.937. The molecule has 0 aliphatic heterocycles. The highest BCUT2D eigenvalue weighted by Gasteiger charge is 2.11. The van der Waals surface area contributed by atoms with Gasteiger partial charge in [-0.15, -0.1) is 0 Å². The molecule has 2 heterocycles. The maximum absolute atomic E-state index is 12.1. The first kappa shape index (κ1) is 18.5. The van der Waals surface area contributed by atoms with Crippen LogP contribution in [0.2, 0.25) is 5.02 Å². The van der Waals surface area contributed by atoms with Crippen molar-refractivity contribution in [1.82, 2.24) is 15.1 Å². The highest BCUT2D eigenvalue weighted by atomic mass is 79.9. The number of ether oxygens (including phenoxy) is 1. The highest BCUT2D eigenvalue weighted by molar-refractivity contribution is 9.10. The second kappa shape index (κ2) is 8.42. The van der Waals surface area contributed by atoms with Gasteiger partial charge in [-0.05, 0) is 58.7 Å². The minimum atomic E-state index is -0.273. The van der Waals surface area contributed by atoms with Crippen LogP contribution in [0.5, 0.6) is 5.75 Å². The molecule has 26 heavy (non-hydrogen) atoms. The number of aromatic nitrogens is 2. The van der Waals surface area contributed by atoms with Crippen LogP contribution in [0.15, 0.2) is 51.6 Å². The quantitative estimate of drug-likeness (QED) is 0.600. The molecule has 0 aliphatic rings. The summed E-state index contributed by atoms with van der Waals surface area (Å²) >= 11 is 9.26. The number of furan rings is 1. The number of amides is 1. The molecule has 0 saturated heterocycles. The first-order chi connectivity index (χ1) is 12.5. The van der Waals surface area contributed by atoms with Crippen LogP contribution in [0.4, 0.5) is 0 Å². The van der Waals surface area contributed by atoms with Crippen molar-refractivity contribution in [3.63, 3.8) is 0 Å². The van der Waals surface area contributed by atoms with E-state index >= 15 is 0 Å². The number of nitrogens with zero attached hydrogens (tertiary/aromatic N) is 2. The SMILES string of the molecule is Cc1cc(Cl)ccc1OCc1ccc(C(=O)NCCn2cc(Br)cn2)o1. The summed E-state index contributed by atoms with van der Waals surface area (Å²) in [4.78, 5) is 12.1. The van der Waals surface area contributed by atoms with E-state index in [4.69, 9.17) is 20.8 Å². The number of halogens is 2. The van der Waals surface area contributed by atoms with Gasteiger partial charge in [0.25, 0.3) is 5.91 Å². The Balaban J connectivity index is 1.49. The topological polar surface area (TPSA) is 69.3 Å². The summed E-state index contributed by atoms with van der Waals surface area (Å²) < 4.78 is 13.9. The maximum atomic E-state index is 12.1. The lowest BCUT2D eigenvalue weighted by molar-refractivity contribution is 0.0920. The number of nitrogens with one attached hydrogen (secondary N) is 1. The summed E-state index contributed by atoms with van der Waals surface area (Å²) in [6, 6.07) is 8.76. The molecular formula is C18H17BrClN3O3. The van der Waals surface area contributed by atoms with Crippen LogP contribution in [-0.4, -0.2) is 22.2 Å². The van der Waals surface area contributed by atoms with Crippen LogP contribution in [0.3, 0.4) is 0 Å². The Kier molecular flexibility index (Phi) is 6.00. The molecule has 1 amide bonds. The number of hydrogen-bond donors (Lipinski definition) is 1. The second-order valence-corrected chi connectivity index (χ2v) is 6.99. The van der Waals surface area contributed by atoms with Crippen molar-refractivity contribution in [1.29, 1.82) is 0 Å². The first-order valence-corrected chi connectivity index (χ1v) is 9.12. The molecule has 0 aliphatic carbocycles. The van der Waals surface area contributed by atoms with Gasteiger partial charge < -0.3 is 14.5 Å². The third-order valence-corrected chi connectivity index (χ3v) is 4.27. The van der Waals surface area contributed by atoms with Crippen molar-refractivity contribution >= 4 is 33.4 Å². The van der Waals surface area contributed by atoms with Crippen LogP contribution in [0.1, 0.15) is 21.9 Å². The van der Waals surface area contributed by atoms with Crippen molar-refractivity contribution in [2.45, 2.75) is 20.1 Å². The van der Waals surface area contributed by atoms with Crippen molar-refractivity contribution in [2.75, 3.05) is 6.54 Å². The Morgan fingerprint density at radius 1 is 1.38 bits per heavy atom. The van der Waals surface area contributed by atoms with Gasteiger partial charge in [0.05, 0.1) is 17.2 Å². The summed E-state index contributed by atoms with van der Waals surface area (Å²) in [5, 5.41) is 7.58.